The van der Waals surface area contributed by atoms with Crippen molar-refractivity contribution in [2.75, 3.05) is 40.1 Å². The summed E-state index contributed by atoms with van der Waals surface area (Å²) in [7, 11) is 6.67. The Morgan fingerprint density at radius 3 is 1.17 bits per heavy atom. The van der Waals surface area contributed by atoms with E-state index in [0.29, 0.717) is 11.5 Å². The van der Waals surface area contributed by atoms with Crippen LogP contribution in [0.5, 0.6) is 34.5 Å². The van der Waals surface area contributed by atoms with Crippen LogP contribution in [0, 0.1) is 0 Å². The van der Waals surface area contributed by atoms with E-state index in [2.05, 4.69) is 65.8 Å². The molecule has 0 N–H and O–H groups in total. The van der Waals surface area contributed by atoms with Crippen molar-refractivity contribution in [2.45, 2.75) is 0 Å². The van der Waals surface area contributed by atoms with Crippen molar-refractivity contribution in [3.05, 3.63) is 150 Å². The molecule has 0 aliphatic carbocycles. The van der Waals surface area contributed by atoms with Crippen LogP contribution in [-0.4, -0.2) is 35.2 Å². The van der Waals surface area contributed by atoms with Gasteiger partial charge in [0.2, 0.25) is 6.79 Å². The fourth-order valence-corrected chi connectivity index (χ4v) is 5.22. The lowest BCUT2D eigenvalue weighted by atomic mass is 9.97. The van der Waals surface area contributed by atoms with Crippen molar-refractivity contribution in [3.63, 3.8) is 0 Å². The van der Waals surface area contributed by atoms with Gasteiger partial charge >= 0.3 is 0 Å². The summed E-state index contributed by atoms with van der Waals surface area (Å²) < 4.78 is 33.3. The summed E-state index contributed by atoms with van der Waals surface area (Å²) in [6.07, 6.45) is 4.27. The summed E-state index contributed by atoms with van der Waals surface area (Å²) in [6.45, 7) is 0.191. The largest absolute Gasteiger partial charge is 0.497 e. The third-order valence-electron chi connectivity index (χ3n) is 7.79. The number of methoxy groups -OCH3 is 4. The molecule has 7 heteroatoms. The Balaban J connectivity index is 1.58. The number of hydrogen-bond acceptors (Lipinski definition) is 7. The number of ether oxygens (including phenoxy) is 6. The van der Waals surface area contributed by atoms with Crippen molar-refractivity contribution < 1.29 is 28.4 Å². The highest BCUT2D eigenvalue weighted by molar-refractivity contribution is 5.86. The van der Waals surface area contributed by atoms with Crippen molar-refractivity contribution in [1.29, 1.82) is 0 Å². The topological polar surface area (TPSA) is 58.6 Å². The third kappa shape index (κ3) is 6.64. The molecular weight excluding hydrogens is 578 g/mol. The molecule has 0 spiro atoms. The number of rotatable bonds is 11. The molecule has 0 atom stereocenters. The first-order valence-electron chi connectivity index (χ1n) is 14.8. The van der Waals surface area contributed by atoms with Crippen LogP contribution in [0.2, 0.25) is 0 Å². The molecular formula is C39H35NO6. The lowest BCUT2D eigenvalue weighted by molar-refractivity contribution is 0.174. The van der Waals surface area contributed by atoms with E-state index in [1.165, 1.54) is 0 Å². The summed E-state index contributed by atoms with van der Waals surface area (Å²) >= 11 is 0. The van der Waals surface area contributed by atoms with Gasteiger partial charge in [-0.25, -0.2) is 0 Å². The molecule has 1 aliphatic heterocycles. The summed E-state index contributed by atoms with van der Waals surface area (Å²) in [6, 6.07) is 38.2. The number of benzene rings is 5. The molecule has 0 amide bonds. The molecule has 1 aliphatic rings. The number of anilines is 1. The summed E-state index contributed by atoms with van der Waals surface area (Å²) in [5, 5.41) is 0. The van der Waals surface area contributed by atoms with Crippen molar-refractivity contribution in [2.24, 2.45) is 0 Å². The minimum atomic E-state index is 0.191. The maximum absolute atomic E-state index is 5.79. The smallest absolute Gasteiger partial charge is 0.231 e. The highest BCUT2D eigenvalue weighted by Crippen LogP contribution is 2.38. The second kappa shape index (κ2) is 13.9. The van der Waals surface area contributed by atoms with Gasteiger partial charge in [0.25, 0.3) is 0 Å². The van der Waals surface area contributed by atoms with E-state index in [1.807, 2.05) is 66.7 Å². The molecule has 5 aromatic rings. The van der Waals surface area contributed by atoms with Crippen molar-refractivity contribution in [3.8, 4) is 34.5 Å². The molecule has 0 aromatic heterocycles. The molecule has 0 saturated carbocycles. The zero-order valence-corrected chi connectivity index (χ0v) is 26.2. The van der Waals surface area contributed by atoms with Gasteiger partial charge in [-0.1, -0.05) is 48.5 Å². The van der Waals surface area contributed by atoms with Crippen LogP contribution in [0.15, 0.2) is 128 Å². The molecule has 0 radical (unpaired) electrons. The zero-order valence-electron chi connectivity index (χ0n) is 26.2. The fraction of sp³-hybridized carbons (Fsp3) is 0.128. The van der Waals surface area contributed by atoms with Crippen LogP contribution in [0.1, 0.15) is 22.3 Å². The van der Waals surface area contributed by atoms with Gasteiger partial charge in [-0.05, 0) is 82.9 Å². The van der Waals surface area contributed by atoms with Gasteiger partial charge in [0.1, 0.15) is 23.0 Å². The standard InChI is InChI=1S/C39H35NO6/c1-41-32-14-5-27(6-15-32)36(28-7-16-33(42-2)17-8-28)24-40(31-13-22-38-39(23-31)46-26-45-38)25-37(29-9-18-34(43-3)19-10-29)30-11-20-35(44-4)21-12-30/h5-25H,26H2,1-4H3. The normalized spacial score (nSPS) is 11.3. The van der Waals surface area contributed by atoms with Gasteiger partial charge < -0.3 is 33.3 Å². The van der Waals surface area contributed by atoms with E-state index in [9.17, 15) is 0 Å². The van der Waals surface area contributed by atoms with E-state index >= 15 is 0 Å². The zero-order chi connectivity index (χ0) is 31.9. The van der Waals surface area contributed by atoms with Gasteiger partial charge in [0.15, 0.2) is 11.5 Å². The van der Waals surface area contributed by atoms with E-state index < -0.39 is 0 Å². The van der Waals surface area contributed by atoms with Crippen molar-refractivity contribution >= 4 is 16.8 Å². The number of hydrogen-bond donors (Lipinski definition) is 0. The second-order valence-corrected chi connectivity index (χ2v) is 10.4. The van der Waals surface area contributed by atoms with E-state index in [1.54, 1.807) is 28.4 Å². The average molecular weight is 614 g/mol. The van der Waals surface area contributed by atoms with E-state index in [0.717, 1.165) is 62.1 Å². The molecule has 7 nitrogen and oxygen atoms in total. The Labute approximate surface area is 269 Å². The van der Waals surface area contributed by atoms with Gasteiger partial charge in [-0.15, -0.1) is 0 Å². The summed E-state index contributed by atoms with van der Waals surface area (Å²) in [4.78, 5) is 2.12. The van der Waals surface area contributed by atoms with Crippen LogP contribution in [0.3, 0.4) is 0 Å². The SMILES string of the molecule is COc1ccc(C(=CN(C=C(c2ccc(OC)cc2)c2ccc(OC)cc2)c2ccc3c(c2)OCO3)c2ccc(OC)cc2)cc1. The van der Waals surface area contributed by atoms with Crippen molar-refractivity contribution in [1.82, 2.24) is 0 Å². The van der Waals surface area contributed by atoms with Crippen LogP contribution >= 0.6 is 0 Å². The molecule has 232 valence electrons. The molecule has 46 heavy (non-hydrogen) atoms. The highest BCUT2D eigenvalue weighted by atomic mass is 16.7. The summed E-state index contributed by atoms with van der Waals surface area (Å²) in [5.41, 5.74) is 6.93. The molecule has 5 aromatic carbocycles. The Hall–Kier alpha value is -5.82. The molecule has 0 fully saturated rings. The Kier molecular flexibility index (Phi) is 9.11. The van der Waals surface area contributed by atoms with E-state index in [-0.39, 0.29) is 6.79 Å². The average Bonchev–Trinajstić information content (AvgIpc) is 3.60. The van der Waals surface area contributed by atoms with Gasteiger partial charge in [-0.2, -0.15) is 0 Å². The fourth-order valence-electron chi connectivity index (χ4n) is 5.22. The van der Waals surface area contributed by atoms with Crippen LogP contribution in [0.25, 0.3) is 11.1 Å². The minimum Gasteiger partial charge on any atom is -0.497 e. The second-order valence-electron chi connectivity index (χ2n) is 10.4. The minimum absolute atomic E-state index is 0.191. The maximum atomic E-state index is 5.79. The summed E-state index contributed by atoms with van der Waals surface area (Å²) in [5.74, 6) is 4.54. The number of nitrogens with zero attached hydrogens (tertiary/aromatic N) is 1. The molecule has 0 bridgehead atoms. The highest BCUT2D eigenvalue weighted by Gasteiger charge is 2.18. The molecule has 6 rings (SSSR count). The van der Waals surface area contributed by atoms with Crippen LogP contribution in [0.4, 0.5) is 5.69 Å². The Morgan fingerprint density at radius 1 is 0.478 bits per heavy atom. The monoisotopic (exact) mass is 613 g/mol. The first-order valence-corrected chi connectivity index (χ1v) is 14.8. The first-order chi connectivity index (χ1) is 22.6. The first kappa shape index (κ1) is 30.2. The molecule has 0 unspecified atom stereocenters. The van der Waals surface area contributed by atoms with Gasteiger partial charge in [-0.3, -0.25) is 0 Å². The van der Waals surface area contributed by atoms with Gasteiger partial charge in [0, 0.05) is 35.3 Å². The third-order valence-corrected chi connectivity index (χ3v) is 7.79. The predicted octanol–water partition coefficient (Wildman–Crippen LogP) is 8.43. The Morgan fingerprint density at radius 2 is 0.826 bits per heavy atom. The lowest BCUT2D eigenvalue weighted by Crippen LogP contribution is -2.11. The predicted molar refractivity (Wildman–Crippen MR) is 181 cm³/mol. The Bertz CT molecular complexity index is 1620. The molecule has 0 saturated heterocycles. The van der Waals surface area contributed by atoms with Gasteiger partial charge in [0.05, 0.1) is 28.4 Å². The maximum Gasteiger partial charge on any atom is 0.231 e. The van der Waals surface area contributed by atoms with E-state index in [4.69, 9.17) is 28.4 Å². The van der Waals surface area contributed by atoms with Crippen LogP contribution < -0.4 is 33.3 Å². The lowest BCUT2D eigenvalue weighted by Gasteiger charge is -2.22. The van der Waals surface area contributed by atoms with Crippen LogP contribution in [-0.2, 0) is 0 Å². The molecule has 1 heterocycles. The quantitative estimate of drug-likeness (QED) is 0.148. The number of fused-ring (bicyclic) bond motifs is 1.